The van der Waals surface area contributed by atoms with E-state index in [1.807, 2.05) is 0 Å². The lowest BCUT2D eigenvalue weighted by molar-refractivity contribution is -0.388. The Morgan fingerprint density at radius 2 is 1.20 bits per heavy atom. The van der Waals surface area contributed by atoms with Crippen molar-refractivity contribution < 1.29 is 50.1 Å². The van der Waals surface area contributed by atoms with Gasteiger partial charge in [-0.1, -0.05) is 18.2 Å². The number of para-hydroxylation sites is 1. The van der Waals surface area contributed by atoms with E-state index in [9.17, 15) is 51.0 Å². The second-order valence-corrected chi connectivity index (χ2v) is 10.9. The van der Waals surface area contributed by atoms with Crippen molar-refractivity contribution in [2.75, 3.05) is 19.5 Å². The number of carbonyl (C=O) groups is 1. The highest BCUT2D eigenvalue weighted by Crippen LogP contribution is 2.39. The van der Waals surface area contributed by atoms with E-state index in [0.29, 0.717) is 24.3 Å². The number of amides is 1. The van der Waals surface area contributed by atoms with Crippen LogP contribution in [0.3, 0.4) is 0 Å². The first-order valence-electron chi connectivity index (χ1n) is 11.4. The van der Waals surface area contributed by atoms with Crippen LogP contribution >= 0.6 is 0 Å². The van der Waals surface area contributed by atoms with Gasteiger partial charge < -0.3 is 14.8 Å². The molecule has 44 heavy (non-hydrogen) atoms. The van der Waals surface area contributed by atoms with Gasteiger partial charge >= 0.3 is 20.2 Å². The van der Waals surface area contributed by atoms with Crippen LogP contribution in [-0.2, 0) is 25.0 Å². The molecule has 0 saturated carbocycles. The second-order valence-electron chi connectivity index (χ2n) is 8.11. The number of nitrogens with one attached hydrogen (secondary N) is 1. The van der Waals surface area contributed by atoms with Gasteiger partial charge in [-0.15, -0.1) is 20.5 Å². The standard InChI is InChI=1S/C22H19N7O13S2/c1-41-17-10-15(28(31)32)19(43(35,36)37)8-13(17)24-26-21(22(30)23-12-6-4-3-5-7-12)27-25-14-9-20(44(38,39)40)16(29(33)34)11-18(14)42-2/h3-11,21H,1-2H3,(H,23,30)(H,35,36,37)(H,38,39,40). The van der Waals surface area contributed by atoms with E-state index in [4.69, 9.17) is 9.47 Å². The smallest absolute Gasteiger partial charge is 0.301 e. The minimum absolute atomic E-state index is 0.246. The highest BCUT2D eigenvalue weighted by Gasteiger charge is 2.29. The lowest BCUT2D eigenvalue weighted by Gasteiger charge is -2.10. The summed E-state index contributed by atoms with van der Waals surface area (Å²) in [6, 6.07) is 10.1. The normalized spacial score (nSPS) is 12.6. The van der Waals surface area contributed by atoms with Crippen LogP contribution in [0.5, 0.6) is 11.5 Å². The van der Waals surface area contributed by atoms with E-state index in [1.54, 1.807) is 18.2 Å². The van der Waals surface area contributed by atoms with Gasteiger partial charge in [0.25, 0.3) is 23.4 Å². The molecule has 0 aliphatic carbocycles. The predicted octanol–water partition coefficient (Wildman–Crippen LogP) is 3.85. The molecular formula is C22H19N7O13S2. The van der Waals surface area contributed by atoms with Gasteiger partial charge in [0.15, 0.2) is 21.3 Å². The summed E-state index contributed by atoms with van der Waals surface area (Å²) in [5.74, 6) is -1.82. The van der Waals surface area contributed by atoms with E-state index in [-0.39, 0.29) is 5.69 Å². The lowest BCUT2D eigenvalue weighted by atomic mass is 10.2. The van der Waals surface area contributed by atoms with Crippen LogP contribution in [0.15, 0.2) is 84.8 Å². The Hall–Kier alpha value is -5.45. The van der Waals surface area contributed by atoms with Crippen LogP contribution < -0.4 is 14.8 Å². The summed E-state index contributed by atoms with van der Waals surface area (Å²) in [6.07, 6.45) is -1.96. The number of nitro groups is 2. The fourth-order valence-corrected chi connectivity index (χ4v) is 4.67. The van der Waals surface area contributed by atoms with Gasteiger partial charge in [0, 0.05) is 5.69 Å². The summed E-state index contributed by atoms with van der Waals surface area (Å²) in [5, 5.41) is 39.9. The first kappa shape index (κ1) is 33.1. The second kappa shape index (κ2) is 13.2. The molecule has 0 saturated heterocycles. The van der Waals surface area contributed by atoms with Gasteiger partial charge in [-0.25, -0.2) is 0 Å². The maximum Gasteiger partial charge on any atom is 0.301 e. The van der Waals surface area contributed by atoms with Crippen molar-refractivity contribution in [3.63, 3.8) is 0 Å². The van der Waals surface area contributed by atoms with E-state index in [0.717, 1.165) is 14.2 Å². The van der Waals surface area contributed by atoms with Crippen molar-refractivity contribution in [2.45, 2.75) is 16.0 Å². The SMILES string of the molecule is COc1cc([N+](=O)[O-])c(S(=O)(=O)O)cc1N=NC(N=Nc1cc(S(=O)(=O)O)c([N+](=O)[O-])cc1OC)C(=O)Nc1ccccc1. The van der Waals surface area contributed by atoms with Crippen LogP contribution in [0.25, 0.3) is 0 Å². The van der Waals surface area contributed by atoms with Gasteiger partial charge in [-0.3, -0.25) is 34.1 Å². The zero-order valence-electron chi connectivity index (χ0n) is 22.2. The Morgan fingerprint density at radius 3 is 1.55 bits per heavy atom. The summed E-state index contributed by atoms with van der Waals surface area (Å²) >= 11 is 0. The number of methoxy groups -OCH3 is 2. The van der Waals surface area contributed by atoms with Crippen molar-refractivity contribution in [3.05, 3.63) is 74.8 Å². The number of benzene rings is 3. The highest BCUT2D eigenvalue weighted by atomic mass is 32.2. The monoisotopic (exact) mass is 653 g/mol. The Balaban J connectivity index is 2.17. The Labute approximate surface area is 246 Å². The number of nitrogens with zero attached hydrogens (tertiary/aromatic N) is 6. The average Bonchev–Trinajstić information content (AvgIpc) is 2.95. The molecule has 0 heterocycles. The number of anilines is 1. The van der Waals surface area contributed by atoms with Crippen LogP contribution in [0.2, 0.25) is 0 Å². The van der Waals surface area contributed by atoms with Crippen molar-refractivity contribution >= 4 is 54.6 Å². The molecule has 0 atom stereocenters. The molecule has 1 amide bonds. The molecule has 0 radical (unpaired) electrons. The molecule has 232 valence electrons. The largest absolute Gasteiger partial charge is 0.494 e. The molecule has 20 nitrogen and oxygen atoms in total. The maximum atomic E-state index is 13.1. The predicted molar refractivity (Wildman–Crippen MR) is 147 cm³/mol. The van der Waals surface area contributed by atoms with Gasteiger partial charge in [0.05, 0.1) is 36.2 Å². The Bertz CT molecular complexity index is 1790. The number of hydrogen-bond acceptors (Lipinski definition) is 15. The number of azo groups is 2. The van der Waals surface area contributed by atoms with E-state index >= 15 is 0 Å². The molecule has 0 bridgehead atoms. The fraction of sp³-hybridized carbons (Fsp3) is 0.136. The van der Waals surface area contributed by atoms with Gasteiger partial charge in [0.1, 0.15) is 11.4 Å². The quantitative estimate of drug-likeness (QED) is 0.108. The zero-order chi connectivity index (χ0) is 32.8. The van der Waals surface area contributed by atoms with Crippen LogP contribution in [0.4, 0.5) is 28.4 Å². The van der Waals surface area contributed by atoms with Crippen LogP contribution in [-0.4, -0.2) is 62.1 Å². The van der Waals surface area contributed by atoms with E-state index in [2.05, 4.69) is 25.8 Å². The molecule has 22 heteroatoms. The van der Waals surface area contributed by atoms with Crippen LogP contribution in [0.1, 0.15) is 0 Å². The molecule has 0 unspecified atom stereocenters. The summed E-state index contributed by atoms with van der Waals surface area (Å²) in [4.78, 5) is 31.2. The third-order valence-corrected chi connectivity index (χ3v) is 7.06. The molecule has 0 spiro atoms. The van der Waals surface area contributed by atoms with E-state index in [1.165, 1.54) is 12.1 Å². The number of carbonyl (C=O) groups excluding carboxylic acids is 1. The third kappa shape index (κ3) is 7.88. The van der Waals surface area contributed by atoms with Crippen molar-refractivity contribution in [1.29, 1.82) is 0 Å². The third-order valence-electron chi connectivity index (χ3n) is 5.30. The Kier molecular flexibility index (Phi) is 9.95. The number of hydrogen-bond donors (Lipinski definition) is 3. The Morgan fingerprint density at radius 1 is 0.795 bits per heavy atom. The maximum absolute atomic E-state index is 13.1. The molecule has 0 fully saturated rings. The average molecular weight is 654 g/mol. The minimum atomic E-state index is -5.15. The molecule has 0 aromatic heterocycles. The van der Waals surface area contributed by atoms with Gasteiger partial charge in [0.2, 0.25) is 0 Å². The summed E-state index contributed by atoms with van der Waals surface area (Å²) in [7, 11) is -8.20. The van der Waals surface area contributed by atoms with Crippen molar-refractivity contribution in [3.8, 4) is 11.5 Å². The molecular weight excluding hydrogens is 634 g/mol. The van der Waals surface area contributed by atoms with Crippen molar-refractivity contribution in [1.82, 2.24) is 0 Å². The first-order valence-corrected chi connectivity index (χ1v) is 14.3. The highest BCUT2D eigenvalue weighted by molar-refractivity contribution is 7.86. The summed E-state index contributed by atoms with van der Waals surface area (Å²) in [6.45, 7) is 0. The number of ether oxygens (including phenoxy) is 2. The number of nitro benzene ring substituents is 2. The fourth-order valence-electron chi connectivity index (χ4n) is 3.35. The van der Waals surface area contributed by atoms with Gasteiger partial charge in [-0.05, 0) is 24.3 Å². The van der Waals surface area contributed by atoms with Gasteiger partial charge in [-0.2, -0.15) is 16.8 Å². The molecule has 3 aromatic carbocycles. The molecule has 3 N–H and O–H groups in total. The summed E-state index contributed by atoms with van der Waals surface area (Å²) < 4.78 is 76.0. The molecule has 3 aromatic rings. The summed E-state index contributed by atoms with van der Waals surface area (Å²) in [5.41, 5.74) is -2.89. The number of rotatable bonds is 12. The van der Waals surface area contributed by atoms with Crippen molar-refractivity contribution in [2.24, 2.45) is 20.5 Å². The topological polar surface area (TPSA) is 292 Å². The molecule has 0 aliphatic heterocycles. The lowest BCUT2D eigenvalue weighted by Crippen LogP contribution is -2.24. The molecule has 3 rings (SSSR count). The zero-order valence-corrected chi connectivity index (χ0v) is 23.8. The minimum Gasteiger partial charge on any atom is -0.494 e. The molecule has 0 aliphatic rings. The van der Waals surface area contributed by atoms with E-state index < -0.39 is 86.2 Å². The first-order chi connectivity index (χ1) is 20.6. The van der Waals surface area contributed by atoms with Crippen LogP contribution in [0, 0.1) is 20.2 Å².